The number of aliphatic hydroxyl groups is 1. The Kier molecular flexibility index (Phi) is 5.13. The van der Waals surface area contributed by atoms with Crippen LogP contribution in [0.4, 0.5) is 0 Å². The summed E-state index contributed by atoms with van der Waals surface area (Å²) in [4.78, 5) is 2.49. The van der Waals surface area contributed by atoms with Crippen molar-refractivity contribution in [3.05, 3.63) is 11.6 Å². The van der Waals surface area contributed by atoms with E-state index in [-0.39, 0.29) is 46.1 Å². The first-order valence-electron chi connectivity index (χ1n) is 15.9. The van der Waals surface area contributed by atoms with Crippen LogP contribution in [-0.2, 0) is 9.47 Å². The van der Waals surface area contributed by atoms with Gasteiger partial charge in [0.2, 0.25) is 0 Å². The first kappa shape index (κ1) is 26.1. The van der Waals surface area contributed by atoms with E-state index in [1.54, 1.807) is 0 Å². The molecule has 9 N–H and O–H groups in total. The molecule has 0 aromatic heterocycles. The lowest BCUT2D eigenvalue weighted by molar-refractivity contribution is -0.213. The van der Waals surface area contributed by atoms with Crippen molar-refractivity contribution in [2.45, 2.75) is 113 Å². The minimum Gasteiger partial charge on any atom is -0.394 e. The van der Waals surface area contributed by atoms with Crippen molar-refractivity contribution in [3.8, 4) is 0 Å². The van der Waals surface area contributed by atoms with Gasteiger partial charge in [-0.05, 0) is 81.5 Å². The van der Waals surface area contributed by atoms with Crippen LogP contribution in [-0.4, -0.2) is 77.4 Å². The highest BCUT2D eigenvalue weighted by atomic mass is 16.5. The van der Waals surface area contributed by atoms with Crippen LogP contribution in [0.1, 0.15) is 78.1 Å². The van der Waals surface area contributed by atoms with Crippen LogP contribution >= 0.6 is 0 Å². The van der Waals surface area contributed by atoms with E-state index in [9.17, 15) is 0 Å². The molecule has 0 radical (unpaired) electrons. The highest BCUT2D eigenvalue weighted by Crippen LogP contribution is 2.94. The number of aliphatic hydroxyl groups excluding tert-OH is 1. The summed E-state index contributed by atoms with van der Waals surface area (Å²) in [6, 6.07) is 0.155. The number of hydrogen-bond donors (Lipinski definition) is 5. The second-order valence-electron chi connectivity index (χ2n) is 15.7. The Labute approximate surface area is 233 Å². The van der Waals surface area contributed by atoms with E-state index in [4.69, 9.17) is 37.5 Å². The molecule has 8 nitrogen and oxygen atoms in total. The fourth-order valence-electron chi connectivity index (χ4n) is 12.9. The van der Waals surface area contributed by atoms with E-state index in [1.165, 1.54) is 12.0 Å². The zero-order valence-corrected chi connectivity index (χ0v) is 24.1. The van der Waals surface area contributed by atoms with Gasteiger partial charge in [-0.3, -0.25) is 4.90 Å². The molecule has 8 rings (SSSR count). The van der Waals surface area contributed by atoms with Gasteiger partial charge in [-0.25, -0.2) is 0 Å². The second-order valence-corrected chi connectivity index (χ2v) is 15.7. The largest absolute Gasteiger partial charge is 0.394 e. The van der Waals surface area contributed by atoms with Gasteiger partial charge in [0, 0.05) is 47.0 Å². The van der Waals surface area contributed by atoms with Crippen molar-refractivity contribution in [3.63, 3.8) is 0 Å². The molecule has 0 amide bonds. The van der Waals surface area contributed by atoms with E-state index in [0.717, 1.165) is 70.9 Å². The molecule has 39 heavy (non-hydrogen) atoms. The molecular weight excluding hydrogens is 490 g/mol. The van der Waals surface area contributed by atoms with Gasteiger partial charge in [0.15, 0.2) is 0 Å². The van der Waals surface area contributed by atoms with Crippen molar-refractivity contribution in [2.24, 2.45) is 56.9 Å². The van der Waals surface area contributed by atoms with Gasteiger partial charge in [-0.15, -0.1) is 0 Å². The maximum atomic E-state index is 9.16. The Bertz CT molecular complexity index is 1120. The van der Waals surface area contributed by atoms with E-state index >= 15 is 0 Å². The lowest BCUT2D eigenvalue weighted by atomic mass is 9.46. The summed E-state index contributed by atoms with van der Waals surface area (Å²) in [7, 11) is 0. The van der Waals surface area contributed by atoms with Crippen LogP contribution in [0.2, 0.25) is 0 Å². The zero-order chi connectivity index (χ0) is 27.3. The number of piperidine rings is 1. The third-order valence-electron chi connectivity index (χ3n) is 14.6. The number of nitrogens with two attached hydrogens (primary N) is 4. The maximum Gasteiger partial charge on any atom is 0.101 e. The molecule has 12 atom stereocenters. The summed E-state index contributed by atoms with van der Waals surface area (Å²) in [6.45, 7) is 7.56. The molecule has 2 unspecified atom stereocenters. The number of likely N-dealkylation sites (tertiary alicyclic amines) is 1. The topological polar surface area (TPSA) is 146 Å². The van der Waals surface area contributed by atoms with Crippen LogP contribution in [0.15, 0.2) is 11.6 Å². The normalized spacial score (nSPS) is 60.5. The van der Waals surface area contributed by atoms with Crippen molar-refractivity contribution in [1.82, 2.24) is 4.90 Å². The van der Waals surface area contributed by atoms with Crippen molar-refractivity contribution >= 4 is 0 Å². The molecule has 0 aromatic carbocycles. The summed E-state index contributed by atoms with van der Waals surface area (Å²) in [5, 5.41) is 9.16. The summed E-state index contributed by atoms with van der Waals surface area (Å²) in [5.41, 5.74) is 29.7. The van der Waals surface area contributed by atoms with E-state index in [2.05, 4.69) is 24.8 Å². The third-order valence-corrected chi connectivity index (χ3v) is 14.6. The monoisotopic (exact) mass is 541 g/mol. The number of ether oxygens (including phenoxy) is 2. The van der Waals surface area contributed by atoms with Crippen LogP contribution in [0.5, 0.6) is 0 Å². The molecule has 8 aliphatic rings. The van der Waals surface area contributed by atoms with Gasteiger partial charge < -0.3 is 37.5 Å². The van der Waals surface area contributed by atoms with Crippen LogP contribution < -0.4 is 22.9 Å². The number of rotatable bonds is 5. The first-order valence-corrected chi connectivity index (χ1v) is 15.9. The molecular formula is C31H51N5O3. The number of fused-ring (bicyclic) bond motifs is 6. The fraction of sp³-hybridized carbons (Fsp3) is 0.935. The second kappa shape index (κ2) is 7.67. The molecule has 3 spiro atoms. The van der Waals surface area contributed by atoms with Crippen LogP contribution in [0.3, 0.4) is 0 Å². The molecule has 2 heterocycles. The van der Waals surface area contributed by atoms with Crippen molar-refractivity contribution in [1.29, 1.82) is 0 Å². The molecule has 0 aromatic rings. The predicted octanol–water partition coefficient (Wildman–Crippen LogP) is 1.58. The van der Waals surface area contributed by atoms with Gasteiger partial charge in [-0.1, -0.05) is 25.5 Å². The van der Waals surface area contributed by atoms with Crippen LogP contribution in [0.25, 0.3) is 0 Å². The lowest BCUT2D eigenvalue weighted by Crippen LogP contribution is -2.75. The SMILES string of the molecule is C[C@H]1C[C@H]2O[C@@]34CC[C@@H]5C6(CC63C[C@@H]4[C@]2(N)N(CCOCCO)C1)C[C@]1(N)[C@@]2(C)CC[C@H](N)C=C2CC[C@@]51N. The zero-order valence-electron chi connectivity index (χ0n) is 24.1. The number of hydrogen-bond acceptors (Lipinski definition) is 8. The van der Waals surface area contributed by atoms with Crippen molar-refractivity contribution < 1.29 is 14.6 Å². The highest BCUT2D eigenvalue weighted by Gasteiger charge is 2.96. The Morgan fingerprint density at radius 3 is 2.72 bits per heavy atom. The van der Waals surface area contributed by atoms with E-state index < -0.39 is 11.2 Å². The molecule has 218 valence electrons. The third kappa shape index (κ3) is 2.64. The smallest absolute Gasteiger partial charge is 0.101 e. The fourth-order valence-corrected chi connectivity index (χ4v) is 12.9. The summed E-state index contributed by atoms with van der Waals surface area (Å²) in [5.74, 6) is 1.36. The van der Waals surface area contributed by atoms with E-state index in [1.807, 2.05) is 0 Å². The highest BCUT2D eigenvalue weighted by molar-refractivity contribution is 5.49. The molecule has 5 saturated carbocycles. The van der Waals surface area contributed by atoms with Gasteiger partial charge in [0.25, 0.3) is 0 Å². The lowest BCUT2D eigenvalue weighted by Gasteiger charge is -2.63. The summed E-state index contributed by atoms with van der Waals surface area (Å²) >= 11 is 0. The van der Waals surface area contributed by atoms with Gasteiger partial charge in [-0.2, -0.15) is 0 Å². The molecule has 8 heteroatoms. The number of nitrogens with zero attached hydrogens (tertiary/aromatic N) is 1. The van der Waals surface area contributed by atoms with E-state index in [0.29, 0.717) is 31.0 Å². The minimum absolute atomic E-state index is 0.0574. The molecule has 2 saturated heterocycles. The molecule has 0 bridgehead atoms. The Hall–Kier alpha value is -0.580. The minimum atomic E-state index is -0.440. The molecule has 6 aliphatic carbocycles. The molecule has 2 aliphatic heterocycles. The molecule has 7 fully saturated rings. The summed E-state index contributed by atoms with van der Waals surface area (Å²) in [6.07, 6.45) is 13.1. The predicted molar refractivity (Wildman–Crippen MR) is 149 cm³/mol. The standard InChI is InChI=1S/C31H51N5O3/c1-19-13-24-31(35,36(16-19)9-11-38-12-10-37)23-15-27-17-26(27)18-30(34)25(2)6-4-21(32)14-20(25)3-7-28(30,33)22(26)5-8-29(23,27)39-24/h14,19,21-24,37H,3-13,15-18,32-35H2,1-2H3/t19-,21-,22+,23-,24+,25-,26?,27?,28+,29+,30-,31-/m0/s1. The average Bonchev–Trinajstić information content (AvgIpc) is 3.46. The van der Waals surface area contributed by atoms with Crippen LogP contribution in [0, 0.1) is 34.0 Å². The summed E-state index contributed by atoms with van der Waals surface area (Å²) < 4.78 is 13.0. The van der Waals surface area contributed by atoms with Crippen molar-refractivity contribution in [2.75, 3.05) is 32.9 Å². The Balaban J connectivity index is 1.13. The Morgan fingerprint density at radius 2 is 1.92 bits per heavy atom. The first-order chi connectivity index (χ1) is 18.5. The Morgan fingerprint density at radius 1 is 1.10 bits per heavy atom. The van der Waals surface area contributed by atoms with Gasteiger partial charge in [0.05, 0.1) is 31.5 Å². The maximum absolute atomic E-state index is 9.16. The average molecular weight is 542 g/mol. The van der Waals surface area contributed by atoms with Gasteiger partial charge >= 0.3 is 0 Å². The quantitative estimate of drug-likeness (QED) is 0.261. The van der Waals surface area contributed by atoms with Gasteiger partial charge in [0.1, 0.15) is 5.66 Å².